The van der Waals surface area contributed by atoms with Crippen LogP contribution in [0.15, 0.2) is 34.9 Å². The second-order valence-corrected chi connectivity index (χ2v) is 5.98. The number of nitrogens with zero attached hydrogens (tertiary/aromatic N) is 1. The van der Waals surface area contributed by atoms with E-state index in [1.807, 2.05) is 6.07 Å². The quantitative estimate of drug-likeness (QED) is 0.906. The number of nitrogens with one attached hydrogen (secondary N) is 2. The lowest BCUT2D eigenvalue weighted by atomic mass is 9.83. The zero-order chi connectivity index (χ0) is 13.9. The van der Waals surface area contributed by atoms with Gasteiger partial charge in [0, 0.05) is 5.92 Å². The third kappa shape index (κ3) is 2.77. The fourth-order valence-corrected chi connectivity index (χ4v) is 2.99. The van der Waals surface area contributed by atoms with Crippen molar-refractivity contribution in [3.8, 4) is 0 Å². The van der Waals surface area contributed by atoms with Crippen LogP contribution in [0.2, 0.25) is 0 Å². The molecule has 1 unspecified atom stereocenters. The predicted octanol–water partition coefficient (Wildman–Crippen LogP) is 2.59. The molecule has 0 radical (unpaired) electrons. The van der Waals surface area contributed by atoms with Crippen molar-refractivity contribution in [2.45, 2.75) is 25.8 Å². The normalized spacial score (nSPS) is 17.6. The molecule has 1 atom stereocenters. The van der Waals surface area contributed by atoms with Gasteiger partial charge in [-0.25, -0.2) is 0 Å². The van der Waals surface area contributed by atoms with E-state index in [4.69, 9.17) is 0 Å². The van der Waals surface area contributed by atoms with Gasteiger partial charge in [-0.05, 0) is 46.3 Å². The number of H-pyrrole nitrogens is 1. The van der Waals surface area contributed by atoms with Gasteiger partial charge in [-0.2, -0.15) is 5.10 Å². The molecule has 0 fully saturated rings. The van der Waals surface area contributed by atoms with Gasteiger partial charge in [0.1, 0.15) is 0 Å². The van der Waals surface area contributed by atoms with E-state index in [1.165, 1.54) is 11.1 Å². The summed E-state index contributed by atoms with van der Waals surface area (Å²) < 4.78 is 0.895. The van der Waals surface area contributed by atoms with Gasteiger partial charge in [-0.3, -0.25) is 9.89 Å². The van der Waals surface area contributed by atoms with Crippen LogP contribution in [0.3, 0.4) is 0 Å². The Bertz CT molecular complexity index is 623. The van der Waals surface area contributed by atoms with E-state index in [-0.39, 0.29) is 11.8 Å². The number of hydrogen-bond donors (Lipinski definition) is 2. The Hall–Kier alpha value is -1.62. The summed E-state index contributed by atoms with van der Waals surface area (Å²) in [7, 11) is 0. The summed E-state index contributed by atoms with van der Waals surface area (Å²) in [6.45, 7) is 0.484. The molecule has 0 bridgehead atoms. The van der Waals surface area contributed by atoms with Crippen LogP contribution in [0.1, 0.15) is 23.2 Å². The number of fused-ring (bicyclic) bond motifs is 1. The molecular weight excluding hydrogens is 318 g/mol. The molecule has 5 heteroatoms. The number of rotatable bonds is 3. The van der Waals surface area contributed by atoms with Gasteiger partial charge in [0.05, 0.1) is 22.9 Å². The van der Waals surface area contributed by atoms with E-state index in [9.17, 15) is 4.79 Å². The summed E-state index contributed by atoms with van der Waals surface area (Å²) in [5.41, 5.74) is 3.59. The highest BCUT2D eigenvalue weighted by molar-refractivity contribution is 9.10. The Morgan fingerprint density at radius 1 is 1.40 bits per heavy atom. The molecule has 0 saturated carbocycles. The largest absolute Gasteiger partial charge is 0.350 e. The van der Waals surface area contributed by atoms with Crippen molar-refractivity contribution in [3.05, 3.63) is 51.8 Å². The van der Waals surface area contributed by atoms with Gasteiger partial charge in [-0.15, -0.1) is 0 Å². The summed E-state index contributed by atoms with van der Waals surface area (Å²) in [4.78, 5) is 12.3. The molecule has 0 spiro atoms. The zero-order valence-corrected chi connectivity index (χ0v) is 12.6. The maximum absolute atomic E-state index is 12.3. The van der Waals surface area contributed by atoms with Crippen molar-refractivity contribution in [2.75, 3.05) is 0 Å². The molecule has 104 valence electrons. The number of aromatic amines is 1. The standard InChI is InChI=1S/C15H16BrN3O/c16-13-8-18-19-14(13)9-17-15(20)12-6-5-10-3-1-2-4-11(10)7-12/h1-4,8,12H,5-7,9H2,(H,17,20)(H,18,19). The maximum atomic E-state index is 12.3. The Morgan fingerprint density at radius 2 is 2.20 bits per heavy atom. The summed E-state index contributed by atoms with van der Waals surface area (Å²) in [5, 5.41) is 9.77. The summed E-state index contributed by atoms with van der Waals surface area (Å²) >= 11 is 3.39. The molecule has 0 saturated heterocycles. The SMILES string of the molecule is O=C(NCc1[nH]ncc1Br)C1CCc2ccccc2C1. The third-order valence-corrected chi connectivity index (χ3v) is 4.51. The smallest absolute Gasteiger partial charge is 0.223 e. The van der Waals surface area contributed by atoms with Crippen molar-refractivity contribution in [1.82, 2.24) is 15.5 Å². The highest BCUT2D eigenvalue weighted by Crippen LogP contribution is 2.25. The third-order valence-electron chi connectivity index (χ3n) is 3.82. The highest BCUT2D eigenvalue weighted by Gasteiger charge is 2.24. The van der Waals surface area contributed by atoms with Crippen LogP contribution >= 0.6 is 15.9 Å². The van der Waals surface area contributed by atoms with E-state index in [0.29, 0.717) is 6.54 Å². The summed E-state index contributed by atoms with van der Waals surface area (Å²) in [5.74, 6) is 0.201. The monoisotopic (exact) mass is 333 g/mol. The number of amides is 1. The first-order valence-corrected chi connectivity index (χ1v) is 7.55. The number of hydrogen-bond acceptors (Lipinski definition) is 2. The van der Waals surface area contributed by atoms with Crippen molar-refractivity contribution < 1.29 is 4.79 Å². The first-order chi connectivity index (χ1) is 9.74. The minimum absolute atomic E-state index is 0.0756. The first kappa shape index (κ1) is 13.4. The van der Waals surface area contributed by atoms with Crippen LogP contribution in [-0.4, -0.2) is 16.1 Å². The lowest BCUT2D eigenvalue weighted by molar-refractivity contribution is -0.125. The molecule has 4 nitrogen and oxygen atoms in total. The molecule has 3 rings (SSSR count). The Kier molecular flexibility index (Phi) is 3.87. The molecule has 1 aromatic carbocycles. The average Bonchev–Trinajstić information content (AvgIpc) is 2.89. The predicted molar refractivity (Wildman–Crippen MR) is 80.1 cm³/mol. The molecular formula is C15H16BrN3O. The van der Waals surface area contributed by atoms with Crippen molar-refractivity contribution in [2.24, 2.45) is 5.92 Å². The molecule has 1 amide bonds. The molecule has 1 aliphatic rings. The average molecular weight is 334 g/mol. The molecule has 2 aromatic rings. The minimum Gasteiger partial charge on any atom is -0.350 e. The summed E-state index contributed by atoms with van der Waals surface area (Å²) in [6, 6.07) is 8.39. The van der Waals surface area contributed by atoms with E-state index >= 15 is 0 Å². The van der Waals surface area contributed by atoms with E-state index in [2.05, 4.69) is 49.6 Å². The number of carbonyl (C=O) groups excluding carboxylic acids is 1. The van der Waals surface area contributed by atoms with E-state index in [1.54, 1.807) is 6.20 Å². The van der Waals surface area contributed by atoms with Crippen molar-refractivity contribution in [1.29, 1.82) is 0 Å². The minimum atomic E-state index is 0.0756. The molecule has 1 heterocycles. The van der Waals surface area contributed by atoms with E-state index < -0.39 is 0 Å². The number of aromatic nitrogens is 2. The second kappa shape index (κ2) is 5.79. The number of aryl methyl sites for hydroxylation is 1. The second-order valence-electron chi connectivity index (χ2n) is 5.12. The Balaban J connectivity index is 1.60. The van der Waals surface area contributed by atoms with Crippen LogP contribution in [0.5, 0.6) is 0 Å². The molecule has 20 heavy (non-hydrogen) atoms. The van der Waals surface area contributed by atoms with Crippen LogP contribution in [0, 0.1) is 5.92 Å². The van der Waals surface area contributed by atoms with E-state index in [0.717, 1.165) is 29.4 Å². The number of benzene rings is 1. The van der Waals surface area contributed by atoms with Crippen LogP contribution < -0.4 is 5.32 Å². The fourth-order valence-electron chi connectivity index (χ4n) is 2.66. The molecule has 1 aliphatic carbocycles. The zero-order valence-electron chi connectivity index (χ0n) is 11.0. The van der Waals surface area contributed by atoms with Gasteiger partial charge >= 0.3 is 0 Å². The Morgan fingerprint density at radius 3 is 2.95 bits per heavy atom. The molecule has 0 aliphatic heterocycles. The van der Waals surface area contributed by atoms with Crippen molar-refractivity contribution >= 4 is 21.8 Å². The topological polar surface area (TPSA) is 57.8 Å². The van der Waals surface area contributed by atoms with Gasteiger partial charge in [0.25, 0.3) is 0 Å². The maximum Gasteiger partial charge on any atom is 0.223 e. The lowest BCUT2D eigenvalue weighted by Crippen LogP contribution is -2.33. The van der Waals surface area contributed by atoms with Crippen LogP contribution in [-0.2, 0) is 24.2 Å². The van der Waals surface area contributed by atoms with Gasteiger partial charge in [0.2, 0.25) is 5.91 Å². The van der Waals surface area contributed by atoms with Gasteiger partial charge in [0.15, 0.2) is 0 Å². The molecule has 1 aromatic heterocycles. The van der Waals surface area contributed by atoms with Crippen LogP contribution in [0.4, 0.5) is 0 Å². The first-order valence-electron chi connectivity index (χ1n) is 6.76. The molecule has 2 N–H and O–H groups in total. The van der Waals surface area contributed by atoms with Gasteiger partial charge in [-0.1, -0.05) is 24.3 Å². The number of carbonyl (C=O) groups is 1. The fraction of sp³-hybridized carbons (Fsp3) is 0.333. The van der Waals surface area contributed by atoms with Crippen LogP contribution in [0.25, 0.3) is 0 Å². The Labute approximate surface area is 126 Å². The summed E-state index contributed by atoms with van der Waals surface area (Å²) in [6.07, 6.45) is 4.44. The lowest BCUT2D eigenvalue weighted by Gasteiger charge is -2.23. The van der Waals surface area contributed by atoms with Crippen molar-refractivity contribution in [3.63, 3.8) is 0 Å². The highest BCUT2D eigenvalue weighted by atomic mass is 79.9. The number of halogens is 1. The van der Waals surface area contributed by atoms with Gasteiger partial charge < -0.3 is 5.32 Å².